The van der Waals surface area contributed by atoms with Crippen molar-refractivity contribution in [3.63, 3.8) is 0 Å². The molecule has 0 spiro atoms. The highest BCUT2D eigenvalue weighted by Gasteiger charge is 2.68. The van der Waals surface area contributed by atoms with Gasteiger partial charge in [-0.05, 0) is 73.0 Å². The number of allylic oxidation sites excluding steroid dienone is 1. The number of aliphatic hydroxyl groups excluding tert-OH is 3. The fourth-order valence-corrected chi connectivity index (χ4v) is 9.61. The summed E-state index contributed by atoms with van der Waals surface area (Å²) < 4.78 is 4.69. The minimum Gasteiger partial charge on any atom is -0.469 e. The molecule has 0 aromatic heterocycles. The lowest BCUT2D eigenvalue weighted by Crippen LogP contribution is -2.58. The van der Waals surface area contributed by atoms with Crippen LogP contribution in [-0.4, -0.2) is 58.3 Å². The van der Waals surface area contributed by atoms with E-state index < -0.39 is 40.7 Å². The minimum atomic E-state index is -1.45. The maximum Gasteiger partial charge on any atom is 0.311 e. The molecule has 4 rings (SSSR count). The number of carbonyl (C=O) groups excluding carboxylic acids is 3. The number of esters is 1. The number of rotatable bonds is 6. The van der Waals surface area contributed by atoms with Crippen LogP contribution in [0.3, 0.4) is 0 Å². The van der Waals surface area contributed by atoms with Crippen LogP contribution in [0.1, 0.15) is 93.4 Å². The fourth-order valence-electron chi connectivity index (χ4n) is 9.61. The molecule has 3 N–H and O–H groups in total. The molecule has 2 fully saturated rings. The van der Waals surface area contributed by atoms with E-state index in [9.17, 15) is 29.7 Å². The van der Waals surface area contributed by atoms with Crippen molar-refractivity contribution in [3.8, 4) is 0 Å². The van der Waals surface area contributed by atoms with E-state index in [4.69, 9.17) is 0 Å². The van der Waals surface area contributed by atoms with Crippen LogP contribution in [0.15, 0.2) is 11.1 Å². The summed E-state index contributed by atoms with van der Waals surface area (Å²) in [6.07, 6.45) is 1.42. The molecule has 0 aliphatic heterocycles. The second-order valence-electron chi connectivity index (χ2n) is 14.2. The summed E-state index contributed by atoms with van der Waals surface area (Å²) in [5.41, 5.74) is 0.250. The molecule has 0 saturated heterocycles. The second-order valence-corrected chi connectivity index (χ2v) is 14.2. The Labute approximate surface area is 227 Å². The number of carbonyl (C=O) groups is 3. The van der Waals surface area contributed by atoms with Gasteiger partial charge in [0.1, 0.15) is 6.10 Å². The first-order chi connectivity index (χ1) is 17.5. The van der Waals surface area contributed by atoms with Crippen molar-refractivity contribution in [2.75, 3.05) is 7.11 Å². The Morgan fingerprint density at radius 3 is 2.29 bits per heavy atom. The summed E-state index contributed by atoms with van der Waals surface area (Å²) >= 11 is 0. The van der Waals surface area contributed by atoms with Gasteiger partial charge < -0.3 is 20.1 Å². The van der Waals surface area contributed by atoms with E-state index in [1.807, 2.05) is 6.92 Å². The van der Waals surface area contributed by atoms with Gasteiger partial charge in [0, 0.05) is 23.8 Å². The van der Waals surface area contributed by atoms with Gasteiger partial charge >= 0.3 is 5.97 Å². The van der Waals surface area contributed by atoms with E-state index >= 15 is 0 Å². The number of Topliss-reactive ketones (excluding diaryl/α,β-unsaturated/α-hetero) is 2. The Morgan fingerprint density at radius 2 is 1.68 bits per heavy atom. The van der Waals surface area contributed by atoms with E-state index in [2.05, 4.69) is 39.4 Å². The van der Waals surface area contributed by atoms with Crippen molar-refractivity contribution in [2.45, 2.75) is 112 Å². The van der Waals surface area contributed by atoms with Crippen molar-refractivity contribution in [1.82, 2.24) is 0 Å². The zero-order chi connectivity index (χ0) is 28.6. The van der Waals surface area contributed by atoms with Crippen LogP contribution < -0.4 is 0 Å². The van der Waals surface area contributed by atoms with Crippen molar-refractivity contribution < 1.29 is 34.4 Å². The molecule has 0 bridgehead atoms. The number of ketones is 2. The Kier molecular flexibility index (Phi) is 7.37. The van der Waals surface area contributed by atoms with Gasteiger partial charge in [-0.1, -0.05) is 47.1 Å². The maximum atomic E-state index is 14.1. The largest absolute Gasteiger partial charge is 0.469 e. The lowest BCUT2D eigenvalue weighted by Gasteiger charge is -2.61. The molecular weight excluding hydrogens is 484 g/mol. The highest BCUT2D eigenvalue weighted by molar-refractivity contribution is 6.00. The van der Waals surface area contributed by atoms with Crippen LogP contribution in [0.25, 0.3) is 0 Å². The van der Waals surface area contributed by atoms with E-state index in [0.29, 0.717) is 19.3 Å². The molecule has 0 aromatic rings. The Bertz CT molecular complexity index is 1040. The van der Waals surface area contributed by atoms with Gasteiger partial charge in [-0.3, -0.25) is 14.4 Å². The van der Waals surface area contributed by atoms with Gasteiger partial charge in [0.25, 0.3) is 0 Å². The van der Waals surface area contributed by atoms with Crippen molar-refractivity contribution in [2.24, 2.45) is 45.3 Å². The van der Waals surface area contributed by atoms with Crippen LogP contribution in [-0.2, 0) is 19.1 Å². The number of hydrogen-bond acceptors (Lipinski definition) is 7. The number of hydrogen-bond donors (Lipinski definition) is 3. The molecule has 0 unspecified atom stereocenters. The number of fused-ring (bicyclic) bond motifs is 4. The molecule has 0 radical (unpaired) electrons. The highest BCUT2D eigenvalue weighted by atomic mass is 16.5. The highest BCUT2D eigenvalue weighted by Crippen LogP contribution is 2.71. The fraction of sp³-hybridized carbons (Fsp3) is 0.839. The molecule has 0 heterocycles. The van der Waals surface area contributed by atoms with Gasteiger partial charge in [-0.2, -0.15) is 0 Å². The Balaban J connectivity index is 1.68. The molecule has 7 heteroatoms. The third-order valence-corrected chi connectivity index (χ3v) is 12.2. The summed E-state index contributed by atoms with van der Waals surface area (Å²) in [5, 5.41) is 33.0. The normalized spacial score (nSPS) is 42.4. The zero-order valence-electron chi connectivity index (χ0n) is 24.5. The van der Waals surface area contributed by atoms with Crippen LogP contribution in [0.4, 0.5) is 0 Å². The summed E-state index contributed by atoms with van der Waals surface area (Å²) in [7, 11) is 1.23. The Hall–Kier alpha value is -1.57. The molecule has 214 valence electrons. The molecule has 0 amide bonds. The molecule has 7 nitrogen and oxygen atoms in total. The first-order valence-electron chi connectivity index (χ1n) is 14.4. The molecule has 4 aliphatic rings. The van der Waals surface area contributed by atoms with Gasteiger partial charge in [0.15, 0.2) is 11.6 Å². The van der Waals surface area contributed by atoms with E-state index in [1.54, 1.807) is 0 Å². The first-order valence-corrected chi connectivity index (χ1v) is 14.4. The molecule has 0 aromatic carbocycles. The van der Waals surface area contributed by atoms with Crippen molar-refractivity contribution in [1.29, 1.82) is 0 Å². The third kappa shape index (κ3) is 3.89. The lowest BCUT2D eigenvalue weighted by atomic mass is 9.43. The minimum absolute atomic E-state index is 0.0670. The van der Waals surface area contributed by atoms with Crippen molar-refractivity contribution >= 4 is 17.5 Å². The standard InChI is InChI=1S/C31H48O7/c1-16(13-20(32)26(36)17(2)27(37)38-8)19-14-24(35)31(7)18-9-10-22-28(3,4)23(34)11-12-29(22,5)25(18)21(33)15-30(19,31)6/h16-17,19,22-24,26,34-36H,9-15H2,1-8H3/t16-,17+,19-,22+,23+,24+,26+,29+,30-,31-/m1/s1. The van der Waals surface area contributed by atoms with Gasteiger partial charge in [0.2, 0.25) is 0 Å². The SMILES string of the molecule is COC(=O)[C@@H](C)[C@H](O)C(=O)C[C@@H](C)[C@H]1C[C@H](O)[C@@]2(C)C3=C(C(=O)C[C@]12C)[C@@]1(C)CC[C@H](O)C(C)(C)[C@@H]1CC3. The Morgan fingerprint density at radius 1 is 1.05 bits per heavy atom. The summed E-state index contributed by atoms with van der Waals surface area (Å²) in [4.78, 5) is 38.9. The molecule has 10 atom stereocenters. The number of ether oxygens (including phenoxy) is 1. The summed E-state index contributed by atoms with van der Waals surface area (Å²) in [5.74, 6) is -1.94. The van der Waals surface area contributed by atoms with Gasteiger partial charge in [-0.25, -0.2) is 0 Å². The monoisotopic (exact) mass is 532 g/mol. The average molecular weight is 533 g/mol. The predicted octanol–water partition coefficient (Wildman–Crippen LogP) is 4.01. The maximum absolute atomic E-state index is 14.1. The van der Waals surface area contributed by atoms with E-state index in [-0.39, 0.29) is 46.9 Å². The van der Waals surface area contributed by atoms with Crippen LogP contribution >= 0.6 is 0 Å². The van der Waals surface area contributed by atoms with Crippen molar-refractivity contribution in [3.05, 3.63) is 11.1 Å². The smallest absolute Gasteiger partial charge is 0.311 e. The predicted molar refractivity (Wildman–Crippen MR) is 143 cm³/mol. The molecule has 2 saturated carbocycles. The molecule has 38 heavy (non-hydrogen) atoms. The molecule has 4 aliphatic carbocycles. The lowest BCUT2D eigenvalue weighted by molar-refractivity contribution is -0.153. The van der Waals surface area contributed by atoms with E-state index in [1.165, 1.54) is 14.0 Å². The number of aliphatic hydroxyl groups is 3. The van der Waals surface area contributed by atoms with Crippen LogP contribution in [0, 0.1) is 45.3 Å². The third-order valence-electron chi connectivity index (χ3n) is 12.2. The van der Waals surface area contributed by atoms with Gasteiger partial charge in [0.05, 0.1) is 25.2 Å². The quantitative estimate of drug-likeness (QED) is 0.442. The molecular formula is C31H48O7. The summed E-state index contributed by atoms with van der Waals surface area (Å²) in [6, 6.07) is 0. The number of methoxy groups -OCH3 is 1. The summed E-state index contributed by atoms with van der Waals surface area (Å²) in [6.45, 7) is 14.1. The second kappa shape index (κ2) is 9.52. The topological polar surface area (TPSA) is 121 Å². The van der Waals surface area contributed by atoms with E-state index in [0.717, 1.165) is 30.4 Å². The first kappa shape index (κ1) is 29.4. The van der Waals surface area contributed by atoms with Crippen LogP contribution in [0.5, 0.6) is 0 Å². The van der Waals surface area contributed by atoms with Gasteiger partial charge in [-0.15, -0.1) is 0 Å². The van der Waals surface area contributed by atoms with Crippen LogP contribution in [0.2, 0.25) is 0 Å². The average Bonchev–Trinajstić information content (AvgIpc) is 3.06. The zero-order valence-corrected chi connectivity index (χ0v) is 24.5.